The summed E-state index contributed by atoms with van der Waals surface area (Å²) >= 11 is 0. The van der Waals surface area contributed by atoms with Crippen molar-refractivity contribution in [2.75, 3.05) is 6.54 Å². The minimum Gasteiger partial charge on any atom is -0.330 e. The molecule has 0 fully saturated rings. The second-order valence-corrected chi connectivity index (χ2v) is 4.31. The predicted molar refractivity (Wildman–Crippen MR) is 70.0 cm³/mol. The van der Waals surface area contributed by atoms with Crippen LogP contribution < -0.4 is 5.73 Å². The fourth-order valence-electron chi connectivity index (χ4n) is 1.68. The highest BCUT2D eigenvalue weighted by Crippen LogP contribution is 2.06. The molecular weight excluding hydrogens is 182 g/mol. The first-order chi connectivity index (χ1) is 7.41. The summed E-state index contributed by atoms with van der Waals surface area (Å²) in [4.78, 5) is 0. The molecule has 0 saturated carbocycles. The van der Waals surface area contributed by atoms with E-state index in [1.807, 2.05) is 0 Å². The summed E-state index contributed by atoms with van der Waals surface area (Å²) in [6, 6.07) is 0. The van der Waals surface area contributed by atoms with E-state index in [1.54, 1.807) is 0 Å². The summed E-state index contributed by atoms with van der Waals surface area (Å²) in [6.07, 6.45) is 17.9. The van der Waals surface area contributed by atoms with E-state index in [-0.39, 0.29) is 0 Å². The molecule has 0 aliphatic heterocycles. The molecule has 0 amide bonds. The van der Waals surface area contributed by atoms with Gasteiger partial charge >= 0.3 is 0 Å². The third-order valence-corrected chi connectivity index (χ3v) is 2.72. The van der Waals surface area contributed by atoms with Crippen molar-refractivity contribution in [2.24, 2.45) is 5.73 Å². The molecule has 2 N–H and O–H groups in total. The van der Waals surface area contributed by atoms with E-state index in [2.05, 4.69) is 19.1 Å². The standard InChI is InChI=1S/C14H29N/c1-2-3-4-5-6-7-8-9-10-11-12-13-14-15/h6-7H,2-5,8-15H2,1H3. The highest BCUT2D eigenvalue weighted by Gasteiger charge is 1.88. The SMILES string of the molecule is CCCCCC=CCCCCCCCN. The Bertz CT molecular complexity index is 129. The first-order valence-electron chi connectivity index (χ1n) is 6.77. The lowest BCUT2D eigenvalue weighted by Gasteiger charge is -1.97. The monoisotopic (exact) mass is 211 g/mol. The fraction of sp³-hybridized carbons (Fsp3) is 0.857. The van der Waals surface area contributed by atoms with Gasteiger partial charge in [0.2, 0.25) is 0 Å². The molecule has 0 bridgehead atoms. The molecule has 0 aromatic heterocycles. The molecule has 0 radical (unpaired) electrons. The summed E-state index contributed by atoms with van der Waals surface area (Å²) in [5.74, 6) is 0. The Labute approximate surface area is 96.1 Å². The van der Waals surface area contributed by atoms with Gasteiger partial charge in [0.05, 0.1) is 0 Å². The molecule has 1 nitrogen and oxygen atoms in total. The van der Waals surface area contributed by atoms with Crippen LogP contribution in [0.1, 0.15) is 71.1 Å². The van der Waals surface area contributed by atoms with Crippen LogP contribution in [-0.2, 0) is 0 Å². The van der Waals surface area contributed by atoms with E-state index in [4.69, 9.17) is 5.73 Å². The maximum absolute atomic E-state index is 5.44. The van der Waals surface area contributed by atoms with Gasteiger partial charge in [-0.15, -0.1) is 0 Å². The maximum Gasteiger partial charge on any atom is -0.00773 e. The second kappa shape index (κ2) is 13.7. The lowest BCUT2D eigenvalue weighted by Crippen LogP contribution is -1.97. The molecule has 1 heteroatoms. The Morgan fingerprint density at radius 3 is 1.87 bits per heavy atom. The van der Waals surface area contributed by atoms with Crippen LogP contribution in [0.3, 0.4) is 0 Å². The van der Waals surface area contributed by atoms with Gasteiger partial charge < -0.3 is 5.73 Å². The van der Waals surface area contributed by atoms with Crippen molar-refractivity contribution in [2.45, 2.75) is 71.1 Å². The number of hydrogen-bond acceptors (Lipinski definition) is 1. The zero-order valence-corrected chi connectivity index (χ0v) is 10.5. The van der Waals surface area contributed by atoms with Gasteiger partial charge in [-0.3, -0.25) is 0 Å². The van der Waals surface area contributed by atoms with Crippen LogP contribution in [0.25, 0.3) is 0 Å². The van der Waals surface area contributed by atoms with Crippen LogP contribution >= 0.6 is 0 Å². The molecule has 0 aliphatic carbocycles. The smallest absolute Gasteiger partial charge is 0.00773 e. The van der Waals surface area contributed by atoms with Crippen LogP contribution in [0.15, 0.2) is 12.2 Å². The molecule has 0 aromatic rings. The molecule has 0 unspecified atom stereocenters. The van der Waals surface area contributed by atoms with Gasteiger partial charge in [-0.1, -0.05) is 51.2 Å². The summed E-state index contributed by atoms with van der Waals surface area (Å²) in [7, 11) is 0. The van der Waals surface area contributed by atoms with Gasteiger partial charge in [-0.2, -0.15) is 0 Å². The van der Waals surface area contributed by atoms with Gasteiger partial charge in [0.1, 0.15) is 0 Å². The Morgan fingerprint density at radius 2 is 1.27 bits per heavy atom. The summed E-state index contributed by atoms with van der Waals surface area (Å²) in [6.45, 7) is 3.11. The first kappa shape index (κ1) is 14.7. The molecule has 0 rings (SSSR count). The third kappa shape index (κ3) is 13.7. The lowest BCUT2D eigenvalue weighted by molar-refractivity contribution is 0.622. The molecular formula is C14H29N. The Kier molecular flexibility index (Phi) is 13.4. The predicted octanol–water partition coefficient (Wildman–Crippen LogP) is 4.42. The van der Waals surface area contributed by atoms with Gasteiger partial charge in [-0.25, -0.2) is 0 Å². The van der Waals surface area contributed by atoms with Crippen molar-refractivity contribution >= 4 is 0 Å². The molecule has 15 heavy (non-hydrogen) atoms. The second-order valence-electron chi connectivity index (χ2n) is 4.31. The van der Waals surface area contributed by atoms with Crippen molar-refractivity contribution in [3.05, 3.63) is 12.2 Å². The Hall–Kier alpha value is -0.300. The number of unbranched alkanes of at least 4 members (excludes halogenated alkanes) is 8. The van der Waals surface area contributed by atoms with Gasteiger partial charge in [-0.05, 0) is 38.6 Å². The van der Waals surface area contributed by atoms with E-state index in [9.17, 15) is 0 Å². The van der Waals surface area contributed by atoms with E-state index in [0.29, 0.717) is 0 Å². The average molecular weight is 211 g/mol. The number of rotatable bonds is 11. The highest BCUT2D eigenvalue weighted by molar-refractivity contribution is 4.81. The molecule has 0 atom stereocenters. The Morgan fingerprint density at radius 1 is 0.733 bits per heavy atom. The minimum atomic E-state index is 0.858. The van der Waals surface area contributed by atoms with Crippen molar-refractivity contribution in [3.63, 3.8) is 0 Å². The molecule has 0 spiro atoms. The van der Waals surface area contributed by atoms with Crippen LogP contribution in [0.2, 0.25) is 0 Å². The van der Waals surface area contributed by atoms with Gasteiger partial charge in [0.15, 0.2) is 0 Å². The zero-order valence-electron chi connectivity index (χ0n) is 10.5. The third-order valence-electron chi connectivity index (χ3n) is 2.72. The zero-order chi connectivity index (χ0) is 11.2. The average Bonchev–Trinajstić information content (AvgIpc) is 2.26. The fourth-order valence-corrected chi connectivity index (χ4v) is 1.68. The quantitative estimate of drug-likeness (QED) is 0.397. The van der Waals surface area contributed by atoms with Gasteiger partial charge in [0, 0.05) is 0 Å². The van der Waals surface area contributed by atoms with E-state index < -0.39 is 0 Å². The molecule has 0 aromatic carbocycles. The van der Waals surface area contributed by atoms with Crippen molar-refractivity contribution in [3.8, 4) is 0 Å². The van der Waals surface area contributed by atoms with Crippen LogP contribution in [0, 0.1) is 0 Å². The van der Waals surface area contributed by atoms with E-state index in [0.717, 1.165) is 6.54 Å². The lowest BCUT2D eigenvalue weighted by atomic mass is 10.1. The van der Waals surface area contributed by atoms with Crippen LogP contribution in [0.4, 0.5) is 0 Å². The van der Waals surface area contributed by atoms with Crippen molar-refractivity contribution < 1.29 is 0 Å². The number of nitrogens with two attached hydrogens (primary N) is 1. The van der Waals surface area contributed by atoms with Crippen molar-refractivity contribution in [1.29, 1.82) is 0 Å². The maximum atomic E-state index is 5.44. The normalized spacial score (nSPS) is 11.3. The summed E-state index contributed by atoms with van der Waals surface area (Å²) < 4.78 is 0. The van der Waals surface area contributed by atoms with Crippen molar-refractivity contribution in [1.82, 2.24) is 0 Å². The summed E-state index contributed by atoms with van der Waals surface area (Å²) in [5.41, 5.74) is 5.44. The first-order valence-corrected chi connectivity index (χ1v) is 6.77. The Balaban J connectivity index is 2.96. The van der Waals surface area contributed by atoms with E-state index >= 15 is 0 Å². The van der Waals surface area contributed by atoms with Gasteiger partial charge in [0.25, 0.3) is 0 Å². The molecule has 0 saturated heterocycles. The molecule has 0 heterocycles. The molecule has 0 aliphatic rings. The number of hydrogen-bond donors (Lipinski definition) is 1. The topological polar surface area (TPSA) is 26.0 Å². The number of allylic oxidation sites excluding steroid dienone is 2. The van der Waals surface area contributed by atoms with E-state index in [1.165, 1.54) is 64.2 Å². The van der Waals surface area contributed by atoms with Crippen LogP contribution in [-0.4, -0.2) is 6.54 Å². The highest BCUT2D eigenvalue weighted by atomic mass is 14.5. The largest absolute Gasteiger partial charge is 0.330 e. The molecule has 90 valence electrons. The minimum absolute atomic E-state index is 0.858. The van der Waals surface area contributed by atoms with Crippen LogP contribution in [0.5, 0.6) is 0 Å². The summed E-state index contributed by atoms with van der Waals surface area (Å²) in [5, 5.41) is 0.